The summed E-state index contributed by atoms with van der Waals surface area (Å²) in [5.74, 6) is 0.0895. The number of furan rings is 1. The Morgan fingerprint density at radius 1 is 1.50 bits per heavy atom. The molecule has 18 heavy (non-hydrogen) atoms. The Balaban J connectivity index is 2.17. The lowest BCUT2D eigenvalue weighted by Crippen LogP contribution is -2.07. The second kappa shape index (κ2) is 3.83. The highest BCUT2D eigenvalue weighted by molar-refractivity contribution is 5.87. The van der Waals surface area contributed by atoms with Crippen LogP contribution < -0.4 is 5.32 Å². The molecule has 0 aromatic carbocycles. The summed E-state index contributed by atoms with van der Waals surface area (Å²) in [5.41, 5.74) is 2.53. The minimum atomic E-state index is -1.06. The molecule has 3 rings (SSSR count). The van der Waals surface area contributed by atoms with Crippen molar-refractivity contribution < 1.29 is 14.3 Å². The number of hydrogen-bond acceptors (Lipinski definition) is 5. The van der Waals surface area contributed by atoms with Gasteiger partial charge in [0.15, 0.2) is 0 Å². The molecule has 0 saturated heterocycles. The Morgan fingerprint density at radius 2 is 2.33 bits per heavy atom. The lowest BCUT2D eigenvalue weighted by atomic mass is 9.96. The van der Waals surface area contributed by atoms with Crippen molar-refractivity contribution >= 4 is 11.9 Å². The number of aryl methyl sites for hydroxylation is 2. The van der Waals surface area contributed by atoms with Crippen LogP contribution >= 0.6 is 0 Å². The third-order valence-corrected chi connectivity index (χ3v) is 2.98. The number of hydrogen-bond donors (Lipinski definition) is 2. The fraction of sp³-hybridized carbons (Fsp3) is 0.250. The zero-order valence-electron chi connectivity index (χ0n) is 9.73. The number of nitrogens with zero attached hydrogens (tertiary/aromatic N) is 2. The van der Waals surface area contributed by atoms with Gasteiger partial charge in [0, 0.05) is 31.3 Å². The Kier molecular flexibility index (Phi) is 2.29. The molecular formula is C12H11N3O3. The van der Waals surface area contributed by atoms with Gasteiger partial charge >= 0.3 is 5.97 Å². The van der Waals surface area contributed by atoms with E-state index in [1.807, 2.05) is 0 Å². The van der Waals surface area contributed by atoms with Crippen molar-refractivity contribution in [3.63, 3.8) is 0 Å². The molecule has 2 aromatic rings. The Bertz CT molecular complexity index is 633. The normalized spacial score (nSPS) is 12.7. The molecule has 6 nitrogen and oxygen atoms in total. The van der Waals surface area contributed by atoms with E-state index in [9.17, 15) is 4.79 Å². The van der Waals surface area contributed by atoms with E-state index in [0.29, 0.717) is 18.1 Å². The van der Waals surface area contributed by atoms with Gasteiger partial charge in [-0.1, -0.05) is 0 Å². The minimum absolute atomic E-state index is 0.0440. The molecule has 0 spiro atoms. The molecule has 0 fully saturated rings. The summed E-state index contributed by atoms with van der Waals surface area (Å²) in [6, 6.07) is 1.53. The number of rotatable bonds is 2. The quantitative estimate of drug-likeness (QED) is 0.835. The van der Waals surface area contributed by atoms with E-state index in [0.717, 1.165) is 23.2 Å². The molecule has 0 amide bonds. The van der Waals surface area contributed by atoms with E-state index in [-0.39, 0.29) is 5.76 Å². The smallest absolute Gasteiger partial charge is 0.371 e. The molecule has 0 aliphatic heterocycles. The topological polar surface area (TPSA) is 88.2 Å². The number of aromatic carboxylic acids is 1. The number of carbonyl (C=O) groups is 1. The van der Waals surface area contributed by atoms with Gasteiger partial charge in [-0.2, -0.15) is 0 Å². The Labute approximate surface area is 103 Å². The number of fused-ring (bicyclic) bond motifs is 3. The van der Waals surface area contributed by atoms with Gasteiger partial charge in [-0.15, -0.1) is 0 Å². The summed E-state index contributed by atoms with van der Waals surface area (Å²) in [4.78, 5) is 19.4. The second-order valence-corrected chi connectivity index (χ2v) is 4.07. The molecule has 2 N–H and O–H groups in total. The van der Waals surface area contributed by atoms with E-state index < -0.39 is 5.97 Å². The summed E-state index contributed by atoms with van der Waals surface area (Å²) < 4.78 is 5.32. The maximum Gasteiger partial charge on any atom is 0.371 e. The number of anilines is 1. The third kappa shape index (κ3) is 1.54. The van der Waals surface area contributed by atoms with Crippen LogP contribution in [0, 0.1) is 0 Å². The van der Waals surface area contributed by atoms with Crippen molar-refractivity contribution in [1.82, 2.24) is 9.97 Å². The molecule has 1 aliphatic carbocycles. The van der Waals surface area contributed by atoms with E-state index >= 15 is 0 Å². The van der Waals surface area contributed by atoms with E-state index in [2.05, 4.69) is 15.3 Å². The Morgan fingerprint density at radius 3 is 3.06 bits per heavy atom. The van der Waals surface area contributed by atoms with Gasteiger partial charge < -0.3 is 14.8 Å². The van der Waals surface area contributed by atoms with Crippen molar-refractivity contribution in [2.45, 2.75) is 12.8 Å². The van der Waals surface area contributed by atoms with Crippen molar-refractivity contribution in [2.24, 2.45) is 0 Å². The number of carboxylic acid groups (broad SMARTS) is 1. The van der Waals surface area contributed by atoms with Crippen LogP contribution in [0.25, 0.3) is 11.3 Å². The zero-order valence-corrected chi connectivity index (χ0v) is 9.73. The van der Waals surface area contributed by atoms with Crippen molar-refractivity contribution in [2.75, 3.05) is 12.4 Å². The largest absolute Gasteiger partial charge is 0.475 e. The highest BCUT2D eigenvalue weighted by Gasteiger charge is 2.24. The first-order valence-corrected chi connectivity index (χ1v) is 5.59. The second-order valence-electron chi connectivity index (χ2n) is 4.07. The van der Waals surface area contributed by atoms with Gasteiger partial charge in [0.1, 0.15) is 5.76 Å². The third-order valence-electron chi connectivity index (χ3n) is 2.98. The molecule has 0 atom stereocenters. The van der Waals surface area contributed by atoms with Crippen LogP contribution in [-0.4, -0.2) is 28.1 Å². The first-order valence-electron chi connectivity index (χ1n) is 5.59. The van der Waals surface area contributed by atoms with Crippen LogP contribution in [0.3, 0.4) is 0 Å². The molecule has 2 heterocycles. The maximum atomic E-state index is 10.9. The lowest BCUT2D eigenvalue weighted by Gasteiger charge is -2.14. The fourth-order valence-corrected chi connectivity index (χ4v) is 2.11. The van der Waals surface area contributed by atoms with Gasteiger partial charge in [-0.25, -0.2) is 14.8 Å². The van der Waals surface area contributed by atoms with E-state index in [1.165, 1.54) is 6.07 Å². The fourth-order valence-electron chi connectivity index (χ4n) is 2.11. The van der Waals surface area contributed by atoms with Crippen LogP contribution in [0.15, 0.2) is 16.7 Å². The summed E-state index contributed by atoms with van der Waals surface area (Å²) in [5, 5.41) is 11.8. The number of nitrogens with one attached hydrogen (secondary N) is 1. The molecule has 1 aliphatic rings. The summed E-state index contributed by atoms with van der Waals surface area (Å²) >= 11 is 0. The molecule has 6 heteroatoms. The Hall–Kier alpha value is -2.37. The first kappa shape index (κ1) is 10.8. The monoisotopic (exact) mass is 245 g/mol. The molecule has 0 unspecified atom stereocenters. The van der Waals surface area contributed by atoms with Crippen molar-refractivity contribution in [3.05, 3.63) is 29.3 Å². The average molecular weight is 245 g/mol. The molecule has 0 radical (unpaired) electrons. The maximum absolute atomic E-state index is 10.9. The van der Waals surface area contributed by atoms with E-state index in [1.54, 1.807) is 13.2 Å². The molecular weight excluding hydrogens is 234 g/mol. The van der Waals surface area contributed by atoms with Crippen LogP contribution in [0.4, 0.5) is 5.95 Å². The molecule has 2 aromatic heterocycles. The SMILES string of the molecule is CNc1ncc2c(n1)-c1cc(C(=O)O)oc1CC2. The molecule has 0 saturated carbocycles. The first-order chi connectivity index (χ1) is 8.69. The highest BCUT2D eigenvalue weighted by Crippen LogP contribution is 2.34. The highest BCUT2D eigenvalue weighted by atomic mass is 16.4. The molecule has 0 bridgehead atoms. The summed E-state index contributed by atoms with van der Waals surface area (Å²) in [6.07, 6.45) is 3.21. The van der Waals surface area contributed by atoms with Crippen LogP contribution in [0.5, 0.6) is 0 Å². The summed E-state index contributed by atoms with van der Waals surface area (Å²) in [6.45, 7) is 0. The van der Waals surface area contributed by atoms with Gasteiger partial charge in [0.05, 0.1) is 5.69 Å². The zero-order chi connectivity index (χ0) is 12.7. The van der Waals surface area contributed by atoms with Crippen molar-refractivity contribution in [1.29, 1.82) is 0 Å². The number of aromatic nitrogens is 2. The minimum Gasteiger partial charge on any atom is -0.475 e. The predicted octanol–water partition coefficient (Wildman–Crippen LogP) is 1.58. The van der Waals surface area contributed by atoms with Gasteiger partial charge in [0.2, 0.25) is 11.7 Å². The number of carboxylic acids is 1. The van der Waals surface area contributed by atoms with Crippen LogP contribution in [0.2, 0.25) is 0 Å². The lowest BCUT2D eigenvalue weighted by molar-refractivity contribution is 0.0660. The van der Waals surface area contributed by atoms with Crippen LogP contribution in [-0.2, 0) is 12.8 Å². The average Bonchev–Trinajstić information content (AvgIpc) is 2.82. The van der Waals surface area contributed by atoms with Crippen molar-refractivity contribution in [3.8, 4) is 11.3 Å². The van der Waals surface area contributed by atoms with Gasteiger partial charge in [0.25, 0.3) is 0 Å². The standard InChI is InChI=1S/C12H11N3O3/c1-13-12-14-5-6-2-3-8-7(10(6)15-12)4-9(18-8)11(16)17/h4-5H,2-3H2,1H3,(H,16,17)(H,13,14,15). The van der Waals surface area contributed by atoms with Crippen LogP contribution in [0.1, 0.15) is 21.9 Å². The predicted molar refractivity (Wildman–Crippen MR) is 63.6 cm³/mol. The van der Waals surface area contributed by atoms with E-state index in [4.69, 9.17) is 9.52 Å². The van der Waals surface area contributed by atoms with Gasteiger partial charge in [-0.3, -0.25) is 0 Å². The van der Waals surface area contributed by atoms with Gasteiger partial charge in [-0.05, 0) is 12.0 Å². The molecule has 92 valence electrons. The summed E-state index contributed by atoms with van der Waals surface area (Å²) in [7, 11) is 1.74.